The number of fused-ring (bicyclic) bond motifs is 1. The molecule has 0 aliphatic carbocycles. The molecule has 0 amide bonds. The standard InChI is InChI=1S/C20H19ClN2O3/c1-13-6-7-18-22-17(10-19(24)23(18)11-13)12-26-20(25)14(2)8-15-4-3-5-16(21)9-15/h3-7,9-11,14H,8,12H2,1-2H3. The number of hydrogen-bond acceptors (Lipinski definition) is 4. The lowest BCUT2D eigenvalue weighted by Gasteiger charge is -2.12. The van der Waals surface area contributed by atoms with Crippen LogP contribution in [0.15, 0.2) is 53.5 Å². The highest BCUT2D eigenvalue weighted by Crippen LogP contribution is 2.15. The minimum atomic E-state index is -0.337. The van der Waals surface area contributed by atoms with E-state index in [1.165, 1.54) is 10.5 Å². The van der Waals surface area contributed by atoms with Gasteiger partial charge >= 0.3 is 5.97 Å². The van der Waals surface area contributed by atoms with E-state index in [4.69, 9.17) is 16.3 Å². The molecule has 0 fully saturated rings. The smallest absolute Gasteiger partial charge is 0.309 e. The van der Waals surface area contributed by atoms with Crippen LogP contribution in [0.25, 0.3) is 5.65 Å². The Hall–Kier alpha value is -2.66. The van der Waals surface area contributed by atoms with E-state index in [2.05, 4.69) is 4.98 Å². The van der Waals surface area contributed by atoms with Crippen molar-refractivity contribution >= 4 is 23.2 Å². The highest BCUT2D eigenvalue weighted by molar-refractivity contribution is 6.30. The van der Waals surface area contributed by atoms with Gasteiger partial charge in [-0.2, -0.15) is 0 Å². The van der Waals surface area contributed by atoms with Gasteiger partial charge in [-0.1, -0.05) is 36.7 Å². The van der Waals surface area contributed by atoms with Crippen LogP contribution < -0.4 is 5.56 Å². The number of ether oxygens (including phenoxy) is 1. The lowest BCUT2D eigenvalue weighted by molar-refractivity contribution is -0.149. The summed E-state index contributed by atoms with van der Waals surface area (Å²) >= 11 is 5.97. The van der Waals surface area contributed by atoms with E-state index in [1.54, 1.807) is 25.3 Å². The Morgan fingerprint density at radius 3 is 2.85 bits per heavy atom. The Labute approximate surface area is 156 Å². The molecule has 0 aliphatic heterocycles. The van der Waals surface area contributed by atoms with Crippen molar-refractivity contribution in [2.24, 2.45) is 5.92 Å². The van der Waals surface area contributed by atoms with Crippen molar-refractivity contribution in [3.63, 3.8) is 0 Å². The third-order valence-corrected chi connectivity index (χ3v) is 4.29. The molecule has 0 spiro atoms. The topological polar surface area (TPSA) is 60.7 Å². The van der Waals surface area contributed by atoms with E-state index in [9.17, 15) is 9.59 Å². The maximum absolute atomic E-state index is 12.2. The molecule has 0 aliphatic rings. The van der Waals surface area contributed by atoms with Gasteiger partial charge in [-0.3, -0.25) is 14.0 Å². The van der Waals surface area contributed by atoms with Crippen molar-refractivity contribution in [3.8, 4) is 0 Å². The first-order chi connectivity index (χ1) is 12.4. The third-order valence-electron chi connectivity index (χ3n) is 4.06. The Bertz CT molecular complexity index is 1010. The molecule has 1 aromatic carbocycles. The lowest BCUT2D eigenvalue weighted by Crippen LogP contribution is -2.19. The van der Waals surface area contributed by atoms with Gasteiger partial charge in [0.1, 0.15) is 12.3 Å². The molecule has 0 saturated carbocycles. The number of rotatable bonds is 5. The lowest BCUT2D eigenvalue weighted by atomic mass is 10.0. The van der Waals surface area contributed by atoms with Crippen LogP contribution in [-0.4, -0.2) is 15.4 Å². The number of nitrogens with zero attached hydrogens (tertiary/aromatic N) is 2. The minimum absolute atomic E-state index is 0.0294. The molecular formula is C20H19ClN2O3. The fraction of sp³-hybridized carbons (Fsp3) is 0.250. The molecule has 3 rings (SSSR count). The second kappa shape index (κ2) is 7.70. The molecule has 0 bridgehead atoms. The number of esters is 1. The SMILES string of the molecule is Cc1ccc2nc(COC(=O)C(C)Cc3cccc(Cl)c3)cc(=O)n2c1. The summed E-state index contributed by atoms with van der Waals surface area (Å²) in [5.74, 6) is -0.659. The van der Waals surface area contributed by atoms with Gasteiger partial charge in [0.15, 0.2) is 0 Å². The van der Waals surface area contributed by atoms with Gasteiger partial charge in [-0.15, -0.1) is 0 Å². The number of pyridine rings is 1. The monoisotopic (exact) mass is 370 g/mol. The van der Waals surface area contributed by atoms with Crippen LogP contribution in [-0.2, 0) is 22.6 Å². The summed E-state index contributed by atoms with van der Waals surface area (Å²) in [4.78, 5) is 28.8. The van der Waals surface area contributed by atoms with Crippen LogP contribution in [0.4, 0.5) is 0 Å². The van der Waals surface area contributed by atoms with Crippen LogP contribution in [0.1, 0.15) is 23.7 Å². The van der Waals surface area contributed by atoms with E-state index in [1.807, 2.05) is 31.2 Å². The van der Waals surface area contributed by atoms with Crippen molar-refractivity contribution in [1.29, 1.82) is 0 Å². The highest BCUT2D eigenvalue weighted by atomic mass is 35.5. The minimum Gasteiger partial charge on any atom is -0.459 e. The summed E-state index contributed by atoms with van der Waals surface area (Å²) in [5.41, 5.74) is 2.70. The van der Waals surface area contributed by atoms with Crippen molar-refractivity contribution in [2.45, 2.75) is 26.9 Å². The summed E-state index contributed by atoms with van der Waals surface area (Å²) < 4.78 is 6.81. The van der Waals surface area contributed by atoms with Crippen LogP contribution >= 0.6 is 11.6 Å². The van der Waals surface area contributed by atoms with Crippen molar-refractivity contribution in [2.75, 3.05) is 0 Å². The molecule has 3 aromatic rings. The summed E-state index contributed by atoms with van der Waals surface area (Å²) in [6.07, 6.45) is 2.26. The predicted molar refractivity (Wildman–Crippen MR) is 100 cm³/mol. The summed E-state index contributed by atoms with van der Waals surface area (Å²) in [6.45, 7) is 3.68. The van der Waals surface area contributed by atoms with Crippen LogP contribution in [0.3, 0.4) is 0 Å². The molecule has 1 atom stereocenters. The second-order valence-corrected chi connectivity index (χ2v) is 6.80. The van der Waals surface area contributed by atoms with Crippen LogP contribution in [0, 0.1) is 12.8 Å². The number of carbonyl (C=O) groups is 1. The number of aromatic nitrogens is 2. The Balaban J connectivity index is 1.66. The zero-order chi connectivity index (χ0) is 18.7. The van der Waals surface area contributed by atoms with Gasteiger partial charge in [-0.05, 0) is 42.7 Å². The highest BCUT2D eigenvalue weighted by Gasteiger charge is 2.16. The first-order valence-electron chi connectivity index (χ1n) is 8.32. The number of halogens is 1. The average molecular weight is 371 g/mol. The van der Waals surface area contributed by atoms with Gasteiger partial charge in [0, 0.05) is 17.3 Å². The molecule has 0 radical (unpaired) electrons. The van der Waals surface area contributed by atoms with Gasteiger partial charge in [0.25, 0.3) is 5.56 Å². The first kappa shape index (κ1) is 18.1. The fourth-order valence-corrected chi connectivity index (χ4v) is 2.93. The fourth-order valence-electron chi connectivity index (χ4n) is 2.72. The number of carbonyl (C=O) groups excluding carboxylic acids is 1. The van der Waals surface area contributed by atoms with E-state index >= 15 is 0 Å². The third kappa shape index (κ3) is 4.29. The zero-order valence-electron chi connectivity index (χ0n) is 14.6. The molecule has 134 valence electrons. The van der Waals surface area contributed by atoms with Crippen molar-refractivity contribution in [3.05, 3.63) is 80.9 Å². The molecule has 5 nitrogen and oxygen atoms in total. The normalized spacial score (nSPS) is 12.1. The maximum atomic E-state index is 12.2. The molecule has 2 aromatic heterocycles. The summed E-state index contributed by atoms with van der Waals surface area (Å²) in [7, 11) is 0. The van der Waals surface area contributed by atoms with Crippen LogP contribution in [0.5, 0.6) is 0 Å². The molecule has 26 heavy (non-hydrogen) atoms. The molecule has 2 heterocycles. The maximum Gasteiger partial charge on any atom is 0.309 e. The molecule has 0 saturated heterocycles. The van der Waals surface area contributed by atoms with Gasteiger partial charge in [-0.25, -0.2) is 4.98 Å². The molecule has 1 unspecified atom stereocenters. The Morgan fingerprint density at radius 1 is 1.27 bits per heavy atom. The largest absolute Gasteiger partial charge is 0.459 e. The van der Waals surface area contributed by atoms with Gasteiger partial charge in [0.05, 0.1) is 11.6 Å². The molecule has 6 heteroatoms. The Morgan fingerprint density at radius 2 is 2.08 bits per heavy atom. The predicted octanol–water partition coefficient (Wildman–Crippen LogP) is 3.58. The van der Waals surface area contributed by atoms with E-state index < -0.39 is 0 Å². The zero-order valence-corrected chi connectivity index (χ0v) is 15.4. The Kier molecular flexibility index (Phi) is 5.38. The summed E-state index contributed by atoms with van der Waals surface area (Å²) in [5, 5.41) is 0.638. The quantitative estimate of drug-likeness (QED) is 0.644. The van der Waals surface area contributed by atoms with E-state index in [0.717, 1.165) is 11.1 Å². The van der Waals surface area contributed by atoms with Crippen molar-refractivity contribution in [1.82, 2.24) is 9.38 Å². The van der Waals surface area contributed by atoms with Gasteiger partial charge < -0.3 is 4.74 Å². The van der Waals surface area contributed by atoms with E-state index in [0.29, 0.717) is 22.8 Å². The second-order valence-electron chi connectivity index (χ2n) is 6.36. The first-order valence-corrected chi connectivity index (χ1v) is 8.70. The average Bonchev–Trinajstić information content (AvgIpc) is 2.60. The molecule has 0 N–H and O–H groups in total. The number of aryl methyl sites for hydroxylation is 1. The molecular weight excluding hydrogens is 352 g/mol. The summed E-state index contributed by atoms with van der Waals surface area (Å²) in [6, 6.07) is 12.4. The number of benzene rings is 1. The van der Waals surface area contributed by atoms with Gasteiger partial charge in [0.2, 0.25) is 0 Å². The van der Waals surface area contributed by atoms with Crippen molar-refractivity contribution < 1.29 is 9.53 Å². The van der Waals surface area contributed by atoms with E-state index in [-0.39, 0.29) is 24.1 Å². The number of hydrogen-bond donors (Lipinski definition) is 0. The van der Waals surface area contributed by atoms with Crippen LogP contribution in [0.2, 0.25) is 5.02 Å².